The van der Waals surface area contributed by atoms with Crippen LogP contribution in [0.25, 0.3) is 0 Å². The van der Waals surface area contributed by atoms with Crippen molar-refractivity contribution in [3.63, 3.8) is 0 Å². The Hall–Kier alpha value is -1.93. The number of rotatable bonds is 1. The maximum atomic E-state index is 11.0. The van der Waals surface area contributed by atoms with Gasteiger partial charge in [-0.05, 0) is 18.1 Å². The van der Waals surface area contributed by atoms with Gasteiger partial charge in [0.25, 0.3) is 0 Å². The Bertz CT molecular complexity index is 375. The second-order valence-corrected chi connectivity index (χ2v) is 2.30. The molecule has 0 radical (unpaired) electrons. The molecule has 14 heavy (non-hydrogen) atoms. The maximum absolute atomic E-state index is 11.0. The Labute approximate surface area is 81.3 Å². The minimum absolute atomic E-state index is 0.158. The van der Waals surface area contributed by atoms with Crippen molar-refractivity contribution in [2.24, 2.45) is 5.73 Å². The molecule has 1 aromatic rings. The van der Waals surface area contributed by atoms with E-state index in [-0.39, 0.29) is 12.2 Å². The summed E-state index contributed by atoms with van der Waals surface area (Å²) in [5.41, 5.74) is 5.81. The third kappa shape index (κ3) is 2.54. The van der Waals surface area contributed by atoms with Crippen molar-refractivity contribution in [2.75, 3.05) is 13.7 Å². The number of hydrogen-bond donors (Lipinski definition) is 1. The van der Waals surface area contributed by atoms with Gasteiger partial charge in [0.05, 0.1) is 13.7 Å². The molecule has 0 spiro atoms. The first-order chi connectivity index (χ1) is 6.77. The SMILES string of the molecule is COC(=O)c1ccc(C#CCN)nn1. The van der Waals surface area contributed by atoms with Crippen molar-refractivity contribution in [2.45, 2.75) is 0 Å². The minimum Gasteiger partial charge on any atom is -0.464 e. The molecule has 0 aliphatic rings. The average molecular weight is 191 g/mol. The number of aromatic nitrogens is 2. The second-order valence-electron chi connectivity index (χ2n) is 2.30. The monoisotopic (exact) mass is 191 g/mol. The summed E-state index contributed by atoms with van der Waals surface area (Å²) in [6.07, 6.45) is 0. The number of ether oxygens (including phenoxy) is 1. The molecule has 0 saturated carbocycles. The van der Waals surface area contributed by atoms with Crippen LogP contribution in [0.2, 0.25) is 0 Å². The van der Waals surface area contributed by atoms with Crippen LogP contribution in [-0.2, 0) is 4.74 Å². The lowest BCUT2D eigenvalue weighted by Crippen LogP contribution is -2.05. The molecule has 72 valence electrons. The van der Waals surface area contributed by atoms with Gasteiger partial charge in [0.15, 0.2) is 5.69 Å². The molecule has 1 aromatic heterocycles. The van der Waals surface area contributed by atoms with Gasteiger partial charge in [-0.3, -0.25) is 0 Å². The summed E-state index contributed by atoms with van der Waals surface area (Å²) in [6.45, 7) is 0.264. The van der Waals surface area contributed by atoms with Gasteiger partial charge in [0.2, 0.25) is 0 Å². The van der Waals surface area contributed by atoms with Crippen molar-refractivity contribution in [1.29, 1.82) is 0 Å². The molecule has 0 aromatic carbocycles. The van der Waals surface area contributed by atoms with Crippen molar-refractivity contribution < 1.29 is 9.53 Å². The largest absolute Gasteiger partial charge is 0.464 e. The van der Waals surface area contributed by atoms with E-state index < -0.39 is 5.97 Å². The molecule has 0 aliphatic carbocycles. The summed E-state index contributed by atoms with van der Waals surface area (Å²) >= 11 is 0. The summed E-state index contributed by atoms with van der Waals surface area (Å²) in [4.78, 5) is 11.0. The predicted octanol–water partition coefficient (Wildman–Crippen LogP) is -0.427. The molecule has 0 saturated heterocycles. The van der Waals surface area contributed by atoms with Gasteiger partial charge >= 0.3 is 5.97 Å². The Balaban J connectivity index is 2.83. The Kier molecular flexibility index (Phi) is 3.58. The Morgan fingerprint density at radius 2 is 2.36 bits per heavy atom. The van der Waals surface area contributed by atoms with Crippen LogP contribution in [0.15, 0.2) is 12.1 Å². The summed E-state index contributed by atoms with van der Waals surface area (Å²) in [6, 6.07) is 3.08. The van der Waals surface area contributed by atoms with E-state index in [1.54, 1.807) is 6.07 Å². The van der Waals surface area contributed by atoms with Gasteiger partial charge in [-0.25, -0.2) is 4.79 Å². The van der Waals surface area contributed by atoms with E-state index in [0.717, 1.165) is 0 Å². The van der Waals surface area contributed by atoms with Crippen LogP contribution >= 0.6 is 0 Å². The summed E-state index contributed by atoms with van der Waals surface area (Å²) < 4.78 is 4.46. The van der Waals surface area contributed by atoms with E-state index in [1.807, 2.05) is 0 Å². The molecule has 0 amide bonds. The number of methoxy groups -OCH3 is 1. The summed E-state index contributed by atoms with van der Waals surface area (Å²) in [5, 5.41) is 7.34. The predicted molar refractivity (Wildman–Crippen MR) is 49.3 cm³/mol. The van der Waals surface area contributed by atoms with Crippen molar-refractivity contribution in [3.05, 3.63) is 23.5 Å². The molecule has 1 heterocycles. The standard InChI is InChI=1S/C9H9N3O2/c1-14-9(13)8-5-4-7(11-12-8)3-2-6-10/h4-5H,6,10H2,1H3. The Morgan fingerprint density at radius 1 is 1.57 bits per heavy atom. The fourth-order valence-corrected chi connectivity index (χ4v) is 0.754. The van der Waals surface area contributed by atoms with Gasteiger partial charge in [-0.15, -0.1) is 10.2 Å². The average Bonchev–Trinajstić information content (AvgIpc) is 2.26. The Morgan fingerprint density at radius 3 is 2.86 bits per heavy atom. The molecule has 0 bridgehead atoms. The number of carbonyl (C=O) groups is 1. The van der Waals surface area contributed by atoms with Crippen molar-refractivity contribution >= 4 is 5.97 Å². The highest BCUT2D eigenvalue weighted by atomic mass is 16.5. The zero-order chi connectivity index (χ0) is 10.4. The zero-order valence-electron chi connectivity index (χ0n) is 7.65. The molecule has 0 unspecified atom stereocenters. The zero-order valence-corrected chi connectivity index (χ0v) is 7.65. The van der Waals surface area contributed by atoms with E-state index >= 15 is 0 Å². The van der Waals surface area contributed by atoms with Crippen molar-refractivity contribution in [1.82, 2.24) is 10.2 Å². The van der Waals surface area contributed by atoms with Crippen LogP contribution in [0.4, 0.5) is 0 Å². The molecule has 5 nitrogen and oxygen atoms in total. The smallest absolute Gasteiger partial charge is 0.358 e. The van der Waals surface area contributed by atoms with Crippen LogP contribution < -0.4 is 5.73 Å². The fourth-order valence-electron chi connectivity index (χ4n) is 0.754. The van der Waals surface area contributed by atoms with E-state index in [0.29, 0.717) is 5.69 Å². The molecule has 0 aliphatic heterocycles. The number of nitrogens with two attached hydrogens (primary N) is 1. The van der Waals surface area contributed by atoms with Crippen LogP contribution in [0.5, 0.6) is 0 Å². The number of esters is 1. The maximum Gasteiger partial charge on any atom is 0.358 e. The first-order valence-corrected chi connectivity index (χ1v) is 3.89. The van der Waals surface area contributed by atoms with Crippen LogP contribution in [0.3, 0.4) is 0 Å². The number of nitrogens with zero attached hydrogens (tertiary/aromatic N) is 2. The first-order valence-electron chi connectivity index (χ1n) is 3.89. The van der Waals surface area contributed by atoms with E-state index in [9.17, 15) is 4.79 Å². The molecule has 0 atom stereocenters. The summed E-state index contributed by atoms with van der Waals surface area (Å²) in [5.74, 6) is 4.80. The highest BCUT2D eigenvalue weighted by Crippen LogP contribution is 1.96. The molecular formula is C9H9N3O2. The summed E-state index contributed by atoms with van der Waals surface area (Å²) in [7, 11) is 1.28. The lowest BCUT2D eigenvalue weighted by atomic mass is 10.3. The fraction of sp³-hybridized carbons (Fsp3) is 0.222. The normalized spacial score (nSPS) is 8.71. The highest BCUT2D eigenvalue weighted by molar-refractivity contribution is 5.86. The molecular weight excluding hydrogens is 182 g/mol. The lowest BCUT2D eigenvalue weighted by molar-refractivity contribution is 0.0592. The van der Waals surface area contributed by atoms with Gasteiger partial charge in [0, 0.05) is 0 Å². The number of hydrogen-bond acceptors (Lipinski definition) is 5. The van der Waals surface area contributed by atoms with Gasteiger partial charge in [0.1, 0.15) is 5.69 Å². The van der Waals surface area contributed by atoms with E-state index in [1.165, 1.54) is 13.2 Å². The highest BCUT2D eigenvalue weighted by Gasteiger charge is 2.06. The second kappa shape index (κ2) is 4.94. The lowest BCUT2D eigenvalue weighted by Gasteiger charge is -1.95. The first kappa shape index (κ1) is 10.2. The minimum atomic E-state index is -0.518. The van der Waals surface area contributed by atoms with E-state index in [4.69, 9.17) is 5.73 Å². The number of carbonyl (C=O) groups excluding carboxylic acids is 1. The van der Waals surface area contributed by atoms with Crippen LogP contribution in [-0.4, -0.2) is 29.8 Å². The third-order valence-electron chi connectivity index (χ3n) is 1.38. The third-order valence-corrected chi connectivity index (χ3v) is 1.38. The van der Waals surface area contributed by atoms with Gasteiger partial charge in [-0.1, -0.05) is 5.92 Å². The van der Waals surface area contributed by atoms with Crippen LogP contribution in [0, 0.1) is 11.8 Å². The molecule has 0 fully saturated rings. The molecule has 5 heteroatoms. The van der Waals surface area contributed by atoms with E-state index in [2.05, 4.69) is 26.8 Å². The van der Waals surface area contributed by atoms with Crippen molar-refractivity contribution in [3.8, 4) is 11.8 Å². The van der Waals surface area contributed by atoms with Crippen LogP contribution in [0.1, 0.15) is 16.2 Å². The molecule has 2 N–H and O–H groups in total. The van der Waals surface area contributed by atoms with Gasteiger partial charge < -0.3 is 10.5 Å². The molecule has 1 rings (SSSR count). The quantitative estimate of drug-likeness (QED) is 0.481. The topological polar surface area (TPSA) is 78.1 Å². The van der Waals surface area contributed by atoms with Gasteiger partial charge in [-0.2, -0.15) is 0 Å².